The number of carboxylic acids is 1. The average Bonchev–Trinajstić information content (AvgIpc) is 2.88. The van der Waals surface area contributed by atoms with E-state index in [0.29, 0.717) is 0 Å². The first-order valence-electron chi connectivity index (χ1n) is 6.13. The molecule has 1 heterocycles. The molecule has 128 valence electrons. The van der Waals surface area contributed by atoms with Gasteiger partial charge < -0.3 is 19.0 Å². The Morgan fingerprint density at radius 3 is 2.39 bits per heavy atom. The lowest BCUT2D eigenvalue weighted by Gasteiger charge is -2.12. The topological polar surface area (TPSA) is 149 Å². The normalized spacial score (nSPS) is 12.5. The number of sulfonamides is 1. The van der Waals surface area contributed by atoms with Gasteiger partial charge in [-0.3, -0.25) is 9.59 Å². The minimum atomic E-state index is -4.41. The highest BCUT2D eigenvalue weighted by atomic mass is 32.2. The molecule has 0 fully saturated rings. The fourth-order valence-corrected chi connectivity index (χ4v) is 2.76. The lowest BCUT2D eigenvalue weighted by Crippen LogP contribution is -2.42. The number of esters is 2. The highest BCUT2D eigenvalue weighted by Crippen LogP contribution is 2.20. The third-order valence-electron chi connectivity index (χ3n) is 2.76. The van der Waals surface area contributed by atoms with Crippen LogP contribution in [-0.2, 0) is 29.1 Å². The van der Waals surface area contributed by atoms with Crippen LogP contribution in [0.25, 0.3) is 0 Å². The van der Waals surface area contributed by atoms with E-state index < -0.39 is 45.5 Å². The van der Waals surface area contributed by atoms with E-state index in [-0.39, 0.29) is 11.3 Å². The molecular weight excluding hydrogens is 334 g/mol. The minimum absolute atomic E-state index is 0.0166. The Kier molecular flexibility index (Phi) is 5.87. The highest BCUT2D eigenvalue weighted by molar-refractivity contribution is 7.89. The van der Waals surface area contributed by atoms with Crippen LogP contribution in [-0.4, -0.2) is 51.7 Å². The van der Waals surface area contributed by atoms with E-state index >= 15 is 0 Å². The molecule has 0 aliphatic carbocycles. The van der Waals surface area contributed by atoms with Crippen molar-refractivity contribution in [2.45, 2.75) is 24.5 Å². The summed E-state index contributed by atoms with van der Waals surface area (Å²) in [5.41, 5.74) is -0.118. The van der Waals surface area contributed by atoms with Crippen molar-refractivity contribution in [3.05, 3.63) is 17.4 Å². The minimum Gasteiger partial charge on any atom is -0.480 e. The molecule has 1 atom stereocenters. The zero-order valence-corrected chi connectivity index (χ0v) is 13.3. The van der Waals surface area contributed by atoms with E-state index in [0.717, 1.165) is 20.3 Å². The first-order valence-corrected chi connectivity index (χ1v) is 7.61. The Bertz CT molecular complexity index is 719. The molecule has 0 radical (unpaired) electrons. The summed E-state index contributed by atoms with van der Waals surface area (Å²) in [4.78, 5) is 33.6. The molecule has 0 spiro atoms. The predicted molar refractivity (Wildman–Crippen MR) is 73.2 cm³/mol. The maximum absolute atomic E-state index is 12.1. The molecule has 0 aliphatic rings. The lowest BCUT2D eigenvalue weighted by molar-refractivity contribution is -0.147. The lowest BCUT2D eigenvalue weighted by atomic mass is 10.2. The number of nitrogens with one attached hydrogen (secondary N) is 1. The Morgan fingerprint density at radius 1 is 1.30 bits per heavy atom. The van der Waals surface area contributed by atoms with Gasteiger partial charge in [-0.25, -0.2) is 13.2 Å². The van der Waals surface area contributed by atoms with Crippen LogP contribution in [0.5, 0.6) is 0 Å². The summed E-state index contributed by atoms with van der Waals surface area (Å²) in [6.45, 7) is 1.34. The fourth-order valence-electron chi connectivity index (χ4n) is 1.57. The molecule has 0 aliphatic heterocycles. The Hall–Kier alpha value is -2.40. The molecule has 0 bridgehead atoms. The van der Waals surface area contributed by atoms with E-state index in [1.54, 1.807) is 4.72 Å². The molecule has 11 heteroatoms. The van der Waals surface area contributed by atoms with Crippen LogP contribution in [0.2, 0.25) is 0 Å². The summed E-state index contributed by atoms with van der Waals surface area (Å²) in [5, 5.41) is 8.30. The summed E-state index contributed by atoms with van der Waals surface area (Å²) < 4.78 is 39.8. The number of hydrogen-bond donors (Lipinski definition) is 2. The molecule has 2 N–H and O–H groups in total. The first-order chi connectivity index (χ1) is 10.6. The molecule has 0 amide bonds. The van der Waals surface area contributed by atoms with Gasteiger partial charge >= 0.3 is 17.9 Å². The zero-order chi connectivity index (χ0) is 17.8. The second-order valence-electron chi connectivity index (χ2n) is 4.32. The van der Waals surface area contributed by atoms with Crippen LogP contribution in [0, 0.1) is 6.92 Å². The Labute approximate surface area is 131 Å². The molecular formula is C12H15NO9S. The molecule has 0 unspecified atom stereocenters. The number of carbonyl (C=O) groups is 3. The number of carbonyl (C=O) groups excluding carboxylic acids is 2. The Balaban J connectivity index is 3.08. The van der Waals surface area contributed by atoms with Gasteiger partial charge in [-0.15, -0.1) is 0 Å². The first kappa shape index (κ1) is 18.6. The number of furan rings is 1. The molecule has 1 aromatic rings. The maximum Gasteiger partial charge on any atom is 0.341 e. The zero-order valence-electron chi connectivity index (χ0n) is 12.5. The molecule has 0 saturated heterocycles. The van der Waals surface area contributed by atoms with Gasteiger partial charge in [0.1, 0.15) is 17.4 Å². The molecule has 1 rings (SSSR count). The number of hydrogen-bond acceptors (Lipinski definition) is 8. The summed E-state index contributed by atoms with van der Waals surface area (Å²) in [6.07, 6.45) is -0.714. The quantitative estimate of drug-likeness (QED) is 0.631. The monoisotopic (exact) mass is 349 g/mol. The van der Waals surface area contributed by atoms with Gasteiger partial charge in [0.25, 0.3) is 10.0 Å². The van der Waals surface area contributed by atoms with E-state index in [1.165, 1.54) is 6.92 Å². The smallest absolute Gasteiger partial charge is 0.341 e. The molecule has 10 nitrogen and oxygen atoms in total. The molecule has 23 heavy (non-hydrogen) atoms. The standard InChI is InChI=1S/C12H15NO9S/c1-6-7(12(17)21-3)4-10(22-6)23(18,19)13-8(11(15)16)5-9(14)20-2/h4,8,13H,5H2,1-3H3,(H,15,16)/t8-/m0/s1. The van der Waals surface area contributed by atoms with Gasteiger partial charge in [0.05, 0.1) is 20.6 Å². The summed E-state index contributed by atoms with van der Waals surface area (Å²) in [7, 11) is -2.27. The van der Waals surface area contributed by atoms with Crippen molar-refractivity contribution in [1.82, 2.24) is 4.72 Å². The fraction of sp³-hybridized carbons (Fsp3) is 0.417. The van der Waals surface area contributed by atoms with E-state index in [1.807, 2.05) is 0 Å². The van der Waals surface area contributed by atoms with Crippen molar-refractivity contribution in [1.29, 1.82) is 0 Å². The van der Waals surface area contributed by atoms with Gasteiger partial charge in [0.15, 0.2) is 0 Å². The van der Waals surface area contributed by atoms with Crippen molar-refractivity contribution in [2.24, 2.45) is 0 Å². The highest BCUT2D eigenvalue weighted by Gasteiger charge is 2.31. The number of ether oxygens (including phenoxy) is 2. The van der Waals surface area contributed by atoms with Crippen molar-refractivity contribution in [3.8, 4) is 0 Å². The van der Waals surface area contributed by atoms with Crippen molar-refractivity contribution in [3.63, 3.8) is 0 Å². The van der Waals surface area contributed by atoms with Crippen LogP contribution >= 0.6 is 0 Å². The number of aliphatic carboxylic acids is 1. The molecule has 1 aromatic heterocycles. The summed E-state index contributed by atoms with van der Waals surface area (Å²) in [5.74, 6) is -3.31. The van der Waals surface area contributed by atoms with Crippen molar-refractivity contribution < 1.29 is 41.8 Å². The van der Waals surface area contributed by atoms with E-state index in [4.69, 9.17) is 9.52 Å². The summed E-state index contributed by atoms with van der Waals surface area (Å²) in [6, 6.07) is -0.847. The van der Waals surface area contributed by atoms with Gasteiger partial charge in [0, 0.05) is 6.07 Å². The summed E-state index contributed by atoms with van der Waals surface area (Å²) >= 11 is 0. The van der Waals surface area contributed by atoms with Crippen molar-refractivity contribution in [2.75, 3.05) is 14.2 Å². The average molecular weight is 349 g/mol. The molecule has 0 saturated carbocycles. The van der Waals surface area contributed by atoms with Crippen LogP contribution in [0.4, 0.5) is 0 Å². The van der Waals surface area contributed by atoms with Gasteiger partial charge in [-0.2, -0.15) is 4.72 Å². The van der Waals surface area contributed by atoms with Crippen LogP contribution in [0.1, 0.15) is 22.5 Å². The van der Waals surface area contributed by atoms with Gasteiger partial charge in [0.2, 0.25) is 5.09 Å². The Morgan fingerprint density at radius 2 is 1.91 bits per heavy atom. The third-order valence-corrected chi connectivity index (χ3v) is 4.09. The van der Waals surface area contributed by atoms with Gasteiger partial charge in [-0.1, -0.05) is 0 Å². The van der Waals surface area contributed by atoms with Crippen molar-refractivity contribution >= 4 is 27.9 Å². The van der Waals surface area contributed by atoms with Crippen LogP contribution < -0.4 is 4.72 Å². The second kappa shape index (κ2) is 7.24. The van der Waals surface area contributed by atoms with E-state index in [9.17, 15) is 22.8 Å². The van der Waals surface area contributed by atoms with Crippen LogP contribution in [0.3, 0.4) is 0 Å². The number of rotatable bonds is 7. The molecule has 0 aromatic carbocycles. The maximum atomic E-state index is 12.1. The second-order valence-corrected chi connectivity index (χ2v) is 5.96. The SMILES string of the molecule is COC(=O)C[C@H](NS(=O)(=O)c1cc(C(=O)OC)c(C)o1)C(=O)O. The van der Waals surface area contributed by atoms with Gasteiger partial charge in [-0.05, 0) is 6.92 Å². The predicted octanol–water partition coefficient (Wildman–Crippen LogP) is -0.331. The number of carboxylic acid groups (broad SMARTS) is 1. The third kappa shape index (κ3) is 4.53. The number of methoxy groups -OCH3 is 2. The largest absolute Gasteiger partial charge is 0.480 e. The van der Waals surface area contributed by atoms with Crippen LogP contribution in [0.15, 0.2) is 15.6 Å². The van der Waals surface area contributed by atoms with E-state index in [2.05, 4.69) is 9.47 Å². The number of aryl methyl sites for hydroxylation is 1.